The molecule has 1 aliphatic heterocycles. The molecule has 1 saturated heterocycles. The number of likely N-dealkylation sites (N-methyl/N-ethyl adjacent to an activating group) is 1. The molecule has 3 rings (SSSR count). The highest BCUT2D eigenvalue weighted by Gasteiger charge is 2.19. The average molecular weight is 428 g/mol. The number of piperidine rings is 1. The van der Waals surface area contributed by atoms with Crippen LogP contribution >= 0.6 is 11.8 Å². The zero-order valence-corrected chi connectivity index (χ0v) is 19.3. The van der Waals surface area contributed by atoms with Crippen molar-refractivity contribution in [2.75, 3.05) is 43.7 Å². The topological polar surface area (TPSA) is 44.8 Å². The van der Waals surface area contributed by atoms with E-state index in [1.54, 1.807) is 18.9 Å². The average Bonchev–Trinajstić information content (AvgIpc) is 2.79. The lowest BCUT2D eigenvalue weighted by Crippen LogP contribution is -2.39. The first-order valence-corrected chi connectivity index (χ1v) is 11.8. The van der Waals surface area contributed by atoms with Crippen molar-refractivity contribution in [1.29, 1.82) is 0 Å². The number of amides is 1. The molecule has 2 aromatic carbocycles. The fourth-order valence-corrected chi connectivity index (χ4v) is 4.31. The van der Waals surface area contributed by atoms with E-state index < -0.39 is 0 Å². The molecule has 0 aliphatic carbocycles. The second-order valence-electron chi connectivity index (χ2n) is 7.86. The summed E-state index contributed by atoms with van der Waals surface area (Å²) in [6.45, 7) is 4.85. The van der Waals surface area contributed by atoms with Gasteiger partial charge in [0.1, 0.15) is 5.75 Å². The highest BCUT2D eigenvalue weighted by atomic mass is 32.2. The number of hydrogen-bond donors (Lipinski definition) is 1. The van der Waals surface area contributed by atoms with Gasteiger partial charge in [0.25, 0.3) is 0 Å². The van der Waals surface area contributed by atoms with E-state index in [4.69, 9.17) is 4.74 Å². The Morgan fingerprint density at radius 3 is 2.50 bits per heavy atom. The Bertz CT molecular complexity index is 835. The van der Waals surface area contributed by atoms with Crippen LogP contribution in [0.3, 0.4) is 0 Å². The van der Waals surface area contributed by atoms with Crippen molar-refractivity contribution in [3.05, 3.63) is 48.0 Å². The van der Waals surface area contributed by atoms with Crippen LogP contribution in [0.25, 0.3) is 0 Å². The number of methoxy groups -OCH3 is 1. The molecule has 1 amide bonds. The SMILES string of the molecule is COc1cc(CN(C)C(C)C(=O)Nc2ccc(N3CCCCC3)cc2)ccc1SC. The second kappa shape index (κ2) is 10.7. The Balaban J connectivity index is 1.57. The minimum absolute atomic E-state index is 0.00378. The number of nitrogens with one attached hydrogen (secondary N) is 1. The number of rotatable bonds is 8. The van der Waals surface area contributed by atoms with Crippen LogP contribution in [0.15, 0.2) is 47.4 Å². The molecule has 0 aromatic heterocycles. The summed E-state index contributed by atoms with van der Waals surface area (Å²) in [7, 11) is 3.66. The van der Waals surface area contributed by atoms with Crippen LogP contribution in [-0.2, 0) is 11.3 Å². The van der Waals surface area contributed by atoms with Crippen LogP contribution < -0.4 is 15.0 Å². The Morgan fingerprint density at radius 2 is 1.87 bits per heavy atom. The van der Waals surface area contributed by atoms with Gasteiger partial charge in [0.15, 0.2) is 0 Å². The van der Waals surface area contributed by atoms with E-state index in [2.05, 4.69) is 34.5 Å². The van der Waals surface area contributed by atoms with Gasteiger partial charge in [-0.1, -0.05) is 6.07 Å². The molecule has 1 aliphatic rings. The molecule has 5 nitrogen and oxygen atoms in total. The molecular weight excluding hydrogens is 394 g/mol. The van der Waals surface area contributed by atoms with Gasteiger partial charge in [-0.2, -0.15) is 0 Å². The summed E-state index contributed by atoms with van der Waals surface area (Å²) in [5.41, 5.74) is 3.20. The third kappa shape index (κ3) is 5.70. The summed E-state index contributed by atoms with van der Waals surface area (Å²) < 4.78 is 5.48. The maximum atomic E-state index is 12.8. The molecule has 1 atom stereocenters. The van der Waals surface area contributed by atoms with Crippen molar-refractivity contribution in [2.24, 2.45) is 0 Å². The first-order chi connectivity index (χ1) is 14.5. The van der Waals surface area contributed by atoms with Gasteiger partial charge in [0.05, 0.1) is 13.2 Å². The van der Waals surface area contributed by atoms with Gasteiger partial charge in [0, 0.05) is 35.9 Å². The molecule has 0 bridgehead atoms. The van der Waals surface area contributed by atoms with Crippen LogP contribution in [0.4, 0.5) is 11.4 Å². The van der Waals surface area contributed by atoms with Gasteiger partial charge >= 0.3 is 0 Å². The molecule has 0 spiro atoms. The van der Waals surface area contributed by atoms with Gasteiger partial charge in [0.2, 0.25) is 5.91 Å². The molecule has 0 saturated carbocycles. The second-order valence-corrected chi connectivity index (χ2v) is 8.71. The Labute approximate surface area is 184 Å². The van der Waals surface area contributed by atoms with Gasteiger partial charge in [-0.3, -0.25) is 9.69 Å². The van der Waals surface area contributed by atoms with Crippen molar-refractivity contribution in [1.82, 2.24) is 4.90 Å². The van der Waals surface area contributed by atoms with Crippen molar-refractivity contribution >= 4 is 29.0 Å². The summed E-state index contributed by atoms with van der Waals surface area (Å²) in [5, 5.41) is 3.05. The fourth-order valence-electron chi connectivity index (χ4n) is 3.76. The molecule has 30 heavy (non-hydrogen) atoms. The molecule has 6 heteroatoms. The number of carbonyl (C=O) groups is 1. The van der Waals surface area contributed by atoms with Crippen LogP contribution in [0.2, 0.25) is 0 Å². The van der Waals surface area contributed by atoms with E-state index in [-0.39, 0.29) is 11.9 Å². The van der Waals surface area contributed by atoms with Crippen LogP contribution in [-0.4, -0.2) is 50.4 Å². The predicted molar refractivity (Wildman–Crippen MR) is 127 cm³/mol. The third-order valence-corrected chi connectivity index (χ3v) is 6.55. The number of ether oxygens (including phenoxy) is 1. The number of carbonyl (C=O) groups excluding carboxylic acids is 1. The third-order valence-electron chi connectivity index (χ3n) is 5.78. The smallest absolute Gasteiger partial charge is 0.241 e. The summed E-state index contributed by atoms with van der Waals surface area (Å²) in [4.78, 5) is 18.3. The lowest BCUT2D eigenvalue weighted by atomic mass is 10.1. The highest BCUT2D eigenvalue weighted by Crippen LogP contribution is 2.29. The summed E-state index contributed by atoms with van der Waals surface area (Å²) in [6, 6.07) is 14.2. The largest absolute Gasteiger partial charge is 0.496 e. The lowest BCUT2D eigenvalue weighted by molar-refractivity contribution is -0.120. The van der Waals surface area contributed by atoms with Gasteiger partial charge in [-0.15, -0.1) is 11.8 Å². The molecule has 0 radical (unpaired) electrons. The number of anilines is 2. The fraction of sp³-hybridized carbons (Fsp3) is 0.458. The Morgan fingerprint density at radius 1 is 1.17 bits per heavy atom. The Hall–Kier alpha value is -2.18. The van der Waals surface area contributed by atoms with Gasteiger partial charge in [-0.25, -0.2) is 0 Å². The van der Waals surface area contributed by atoms with E-state index in [0.29, 0.717) is 6.54 Å². The molecule has 1 unspecified atom stereocenters. The Kier molecular flexibility index (Phi) is 8.05. The highest BCUT2D eigenvalue weighted by molar-refractivity contribution is 7.98. The van der Waals surface area contributed by atoms with Crippen molar-refractivity contribution in [2.45, 2.75) is 43.7 Å². The maximum Gasteiger partial charge on any atom is 0.241 e. The first kappa shape index (κ1) is 22.5. The van der Waals surface area contributed by atoms with E-state index in [9.17, 15) is 4.79 Å². The van der Waals surface area contributed by atoms with E-state index >= 15 is 0 Å². The van der Waals surface area contributed by atoms with Crippen LogP contribution in [0, 0.1) is 0 Å². The van der Waals surface area contributed by atoms with E-state index in [1.807, 2.05) is 43.3 Å². The van der Waals surface area contributed by atoms with E-state index in [0.717, 1.165) is 35.0 Å². The van der Waals surface area contributed by atoms with Crippen LogP contribution in [0.5, 0.6) is 5.75 Å². The zero-order valence-electron chi connectivity index (χ0n) is 18.5. The number of benzene rings is 2. The first-order valence-electron chi connectivity index (χ1n) is 10.6. The summed E-state index contributed by atoms with van der Waals surface area (Å²) >= 11 is 1.66. The molecular formula is C24H33N3O2S. The standard InChI is InChI=1S/C24H33N3O2S/c1-18(26(2)17-19-8-13-23(30-4)22(16-19)29-3)24(28)25-20-9-11-21(12-10-20)27-14-6-5-7-15-27/h8-13,16,18H,5-7,14-15,17H2,1-4H3,(H,25,28). The van der Waals surface area contributed by atoms with Crippen molar-refractivity contribution in [3.8, 4) is 5.75 Å². The van der Waals surface area contributed by atoms with Gasteiger partial charge in [-0.05, 0) is 81.5 Å². The summed E-state index contributed by atoms with van der Waals surface area (Å²) in [6.07, 6.45) is 5.88. The predicted octanol–water partition coefficient (Wildman–Crippen LogP) is 4.87. The van der Waals surface area contributed by atoms with E-state index in [1.165, 1.54) is 24.9 Å². The number of nitrogens with zero attached hydrogens (tertiary/aromatic N) is 2. The van der Waals surface area contributed by atoms with Crippen molar-refractivity contribution < 1.29 is 9.53 Å². The summed E-state index contributed by atoms with van der Waals surface area (Å²) in [5.74, 6) is 0.871. The van der Waals surface area contributed by atoms with Gasteiger partial charge < -0.3 is 15.0 Å². The number of thioether (sulfide) groups is 1. The molecule has 2 aromatic rings. The zero-order chi connectivity index (χ0) is 21.5. The lowest BCUT2D eigenvalue weighted by Gasteiger charge is -2.29. The van der Waals surface area contributed by atoms with Crippen LogP contribution in [0.1, 0.15) is 31.7 Å². The quantitative estimate of drug-likeness (QED) is 0.609. The molecule has 1 fully saturated rings. The minimum Gasteiger partial charge on any atom is -0.496 e. The maximum absolute atomic E-state index is 12.8. The molecule has 162 valence electrons. The van der Waals surface area contributed by atoms with Crippen molar-refractivity contribution in [3.63, 3.8) is 0 Å². The molecule has 1 heterocycles. The number of hydrogen-bond acceptors (Lipinski definition) is 5. The minimum atomic E-state index is -0.252. The molecule has 1 N–H and O–H groups in total. The normalized spacial score (nSPS) is 15.2. The monoisotopic (exact) mass is 427 g/mol.